The normalized spacial score (nSPS) is 21.8. The van der Waals surface area contributed by atoms with E-state index in [1.165, 1.54) is 93.7 Å². The van der Waals surface area contributed by atoms with Crippen LogP contribution in [0.15, 0.2) is 0 Å². The number of unbranched alkanes of at least 4 members (excludes halogenated alkanes) is 4. The Kier molecular flexibility index (Phi) is 25.6. The summed E-state index contributed by atoms with van der Waals surface area (Å²) in [7, 11) is 2.52. The second kappa shape index (κ2) is 20.8. The summed E-state index contributed by atoms with van der Waals surface area (Å²) in [6, 6.07) is 0. The Balaban J connectivity index is -0.00000192. The second-order valence-corrected chi connectivity index (χ2v) is 11.8. The summed E-state index contributed by atoms with van der Waals surface area (Å²) in [6.45, 7) is 9.48. The van der Waals surface area contributed by atoms with Crippen LogP contribution in [0.5, 0.6) is 0 Å². The molecule has 0 aromatic carbocycles. The number of rotatable bonds is 14. The maximum Gasteiger partial charge on any atom is 2.00 e. The number of hydrogen-bond donors (Lipinski definition) is 0. The average molecular weight is 450 g/mol. The monoisotopic (exact) mass is 450 g/mol. The first-order chi connectivity index (χ1) is 11.7. The van der Waals surface area contributed by atoms with Gasteiger partial charge in [-0.15, -0.1) is 17.2 Å². The van der Waals surface area contributed by atoms with E-state index in [0.717, 1.165) is 16.7 Å². The van der Waals surface area contributed by atoms with Gasteiger partial charge in [0.25, 0.3) is 0 Å². The molecular formula is C24H52P2Ti. The number of hydrogen-bond acceptors (Lipinski definition) is 0. The van der Waals surface area contributed by atoms with Crippen molar-refractivity contribution in [3.05, 3.63) is 14.9 Å². The molecule has 0 aromatic rings. The zero-order valence-corrected chi connectivity index (χ0v) is 23.3. The van der Waals surface area contributed by atoms with Crippen LogP contribution in [0.3, 0.4) is 0 Å². The standard InChI is InChI=1S/C22H46P2.2CH3.Ti/c1-5-9-13-22(14-10-6-2)18-20(23-15-11-7-3)17-21(19-22)24-16-12-8-4;;;/h20-21,23-24H,5-19H2,1-4H3;2*1H3;/q;2*-1;+2. The first-order valence-corrected chi connectivity index (χ1v) is 13.7. The maximum absolute atomic E-state index is 2.39. The molecule has 0 saturated heterocycles. The van der Waals surface area contributed by atoms with E-state index in [0.29, 0.717) is 0 Å². The van der Waals surface area contributed by atoms with Gasteiger partial charge in [0.15, 0.2) is 0 Å². The molecule has 0 aliphatic heterocycles. The Morgan fingerprint density at radius 1 is 0.667 bits per heavy atom. The minimum absolute atomic E-state index is 0. The molecule has 4 unspecified atom stereocenters. The molecule has 1 aliphatic carbocycles. The molecule has 0 aromatic heterocycles. The smallest absolute Gasteiger partial charge is 0.358 e. The fraction of sp³-hybridized carbons (Fsp3) is 0.917. The van der Waals surface area contributed by atoms with Gasteiger partial charge >= 0.3 is 21.7 Å². The van der Waals surface area contributed by atoms with Crippen LogP contribution < -0.4 is 0 Å². The molecule has 1 fully saturated rings. The minimum Gasteiger partial charge on any atom is -0.358 e. The van der Waals surface area contributed by atoms with Crippen molar-refractivity contribution in [1.82, 2.24) is 0 Å². The van der Waals surface area contributed by atoms with Crippen molar-refractivity contribution in [3.8, 4) is 0 Å². The van der Waals surface area contributed by atoms with Crippen molar-refractivity contribution in [2.75, 3.05) is 12.3 Å². The van der Waals surface area contributed by atoms with E-state index in [1.54, 1.807) is 19.3 Å². The van der Waals surface area contributed by atoms with Gasteiger partial charge in [-0.3, -0.25) is 0 Å². The summed E-state index contributed by atoms with van der Waals surface area (Å²) in [6.07, 6.45) is 22.3. The molecule has 0 radical (unpaired) electrons. The van der Waals surface area contributed by atoms with Crippen molar-refractivity contribution in [2.45, 2.75) is 122 Å². The minimum atomic E-state index is 0. The molecule has 27 heavy (non-hydrogen) atoms. The van der Waals surface area contributed by atoms with E-state index in [-0.39, 0.29) is 36.6 Å². The summed E-state index contributed by atoms with van der Waals surface area (Å²) in [5.74, 6) is 0. The van der Waals surface area contributed by atoms with E-state index >= 15 is 0 Å². The van der Waals surface area contributed by atoms with E-state index in [1.807, 2.05) is 0 Å². The molecule has 0 amide bonds. The third kappa shape index (κ3) is 14.3. The molecule has 0 nitrogen and oxygen atoms in total. The summed E-state index contributed by atoms with van der Waals surface area (Å²) >= 11 is 0. The summed E-state index contributed by atoms with van der Waals surface area (Å²) in [5, 5.41) is 0. The molecule has 0 spiro atoms. The van der Waals surface area contributed by atoms with Crippen molar-refractivity contribution in [2.24, 2.45) is 5.41 Å². The van der Waals surface area contributed by atoms with Crippen LogP contribution >= 0.6 is 17.2 Å². The van der Waals surface area contributed by atoms with E-state index < -0.39 is 0 Å². The van der Waals surface area contributed by atoms with Gasteiger partial charge in [0, 0.05) is 0 Å². The van der Waals surface area contributed by atoms with Crippen LogP contribution in [0.25, 0.3) is 0 Å². The van der Waals surface area contributed by atoms with E-state index in [2.05, 4.69) is 27.7 Å². The van der Waals surface area contributed by atoms with Crippen LogP contribution in [0.4, 0.5) is 0 Å². The predicted octanol–water partition coefficient (Wildman–Crippen LogP) is 9.13. The van der Waals surface area contributed by atoms with Crippen molar-refractivity contribution in [1.29, 1.82) is 0 Å². The quantitative estimate of drug-likeness (QED) is 0.107. The van der Waals surface area contributed by atoms with Crippen LogP contribution in [0, 0.1) is 20.3 Å². The van der Waals surface area contributed by atoms with Gasteiger partial charge in [-0.2, -0.15) is 0 Å². The van der Waals surface area contributed by atoms with Gasteiger partial charge in [0.1, 0.15) is 0 Å². The zero-order valence-electron chi connectivity index (χ0n) is 19.8. The van der Waals surface area contributed by atoms with Gasteiger partial charge in [0.2, 0.25) is 0 Å². The zero-order chi connectivity index (χ0) is 17.7. The Morgan fingerprint density at radius 3 is 1.37 bits per heavy atom. The first-order valence-electron chi connectivity index (χ1n) is 11.2. The van der Waals surface area contributed by atoms with Crippen molar-refractivity contribution >= 4 is 17.2 Å². The molecule has 0 N–H and O–H groups in total. The third-order valence-electron chi connectivity index (χ3n) is 5.98. The molecule has 1 saturated carbocycles. The van der Waals surface area contributed by atoms with Gasteiger partial charge in [-0.25, -0.2) is 0 Å². The molecule has 1 aliphatic rings. The Labute approximate surface area is 193 Å². The summed E-state index contributed by atoms with van der Waals surface area (Å²) in [5.41, 5.74) is 2.90. The Morgan fingerprint density at radius 2 is 1.04 bits per heavy atom. The van der Waals surface area contributed by atoms with E-state index in [4.69, 9.17) is 0 Å². The fourth-order valence-corrected chi connectivity index (χ4v) is 8.78. The van der Waals surface area contributed by atoms with Gasteiger partial charge in [-0.05, 0) is 74.0 Å². The molecule has 4 atom stereocenters. The van der Waals surface area contributed by atoms with E-state index in [9.17, 15) is 0 Å². The summed E-state index contributed by atoms with van der Waals surface area (Å²) in [4.78, 5) is 0. The molecule has 0 bridgehead atoms. The van der Waals surface area contributed by atoms with Crippen LogP contribution in [-0.2, 0) is 21.7 Å². The largest absolute Gasteiger partial charge is 2.00 e. The average Bonchev–Trinajstić information content (AvgIpc) is 2.59. The molecule has 162 valence electrons. The van der Waals surface area contributed by atoms with Gasteiger partial charge in [-0.1, -0.05) is 66.2 Å². The van der Waals surface area contributed by atoms with Crippen LogP contribution in [0.2, 0.25) is 0 Å². The Bertz CT molecular complexity index is 268. The summed E-state index contributed by atoms with van der Waals surface area (Å²) < 4.78 is 0. The molecular weight excluding hydrogens is 398 g/mol. The topological polar surface area (TPSA) is 0 Å². The maximum atomic E-state index is 2.39. The molecule has 0 heterocycles. The third-order valence-corrected chi connectivity index (χ3v) is 9.29. The SMILES string of the molecule is CCCCPC1CC(PCCCC)CC(CCCC)(CCCC)C1.[CH3-].[CH3-].[Ti+2]. The second-order valence-electron chi connectivity index (χ2n) is 8.36. The van der Waals surface area contributed by atoms with Crippen LogP contribution in [-0.4, -0.2) is 23.6 Å². The Hall–Kier alpha value is 1.57. The molecule has 1 rings (SSSR count). The van der Waals surface area contributed by atoms with Crippen LogP contribution in [0.1, 0.15) is 111 Å². The van der Waals surface area contributed by atoms with Crippen molar-refractivity contribution < 1.29 is 21.7 Å². The fourth-order valence-electron chi connectivity index (χ4n) is 4.55. The predicted molar refractivity (Wildman–Crippen MR) is 132 cm³/mol. The molecule has 3 heteroatoms. The first kappa shape index (κ1) is 33.2. The van der Waals surface area contributed by atoms with Gasteiger partial charge < -0.3 is 14.9 Å². The van der Waals surface area contributed by atoms with Gasteiger partial charge in [0.05, 0.1) is 0 Å². The van der Waals surface area contributed by atoms with Crippen molar-refractivity contribution in [3.63, 3.8) is 0 Å².